The third-order valence-electron chi connectivity index (χ3n) is 4.48. The Labute approximate surface area is 211 Å². The van der Waals surface area contributed by atoms with Crippen LogP contribution < -0.4 is 21.3 Å². The van der Waals surface area contributed by atoms with Gasteiger partial charge in [0.25, 0.3) is 5.91 Å². The van der Waals surface area contributed by atoms with Crippen LogP contribution in [0.4, 0.5) is 0 Å². The van der Waals surface area contributed by atoms with Crippen LogP contribution in [0.5, 0.6) is 0 Å². The zero-order chi connectivity index (χ0) is 27.1. The van der Waals surface area contributed by atoms with Gasteiger partial charge in [-0.05, 0) is 37.5 Å². The van der Waals surface area contributed by atoms with Crippen molar-refractivity contribution in [1.29, 1.82) is 0 Å². The van der Waals surface area contributed by atoms with E-state index in [0.717, 1.165) is 6.08 Å². The quantitative estimate of drug-likeness (QED) is 0.0599. The molecule has 0 saturated carbocycles. The minimum atomic E-state index is -1.05. The minimum Gasteiger partial charge on any atom is -0.379 e. The number of nitrogens with one attached hydrogen (secondary N) is 4. The van der Waals surface area contributed by atoms with Gasteiger partial charge in [-0.15, -0.1) is 0 Å². The summed E-state index contributed by atoms with van der Waals surface area (Å²) in [6.45, 7) is 12.3. The summed E-state index contributed by atoms with van der Waals surface area (Å²) in [5, 5.41) is 10.5. The molecule has 0 unspecified atom stereocenters. The molecule has 0 aromatic rings. The monoisotopic (exact) mass is 510 g/mol. The van der Waals surface area contributed by atoms with Gasteiger partial charge in [0.2, 0.25) is 24.0 Å². The number of amides is 4. The lowest BCUT2D eigenvalue weighted by Crippen LogP contribution is -2.58. The number of carbonyl (C=O) groups is 5. The highest BCUT2D eigenvalue weighted by Crippen LogP contribution is 2.10. The van der Waals surface area contributed by atoms with Crippen molar-refractivity contribution in [3.05, 3.63) is 38.0 Å². The first-order valence-corrected chi connectivity index (χ1v) is 11.5. The Hall–Kier alpha value is -3.35. The molecule has 12 nitrogen and oxygen atoms in total. The predicted octanol–water partition coefficient (Wildman–Crippen LogP) is -0.833. The van der Waals surface area contributed by atoms with E-state index in [1.54, 1.807) is 0 Å². The van der Waals surface area contributed by atoms with Gasteiger partial charge in [0.05, 0.1) is 19.8 Å². The molecule has 202 valence electrons. The molecular formula is C24H38N4O8. The number of rotatable bonds is 23. The van der Waals surface area contributed by atoms with Crippen molar-refractivity contribution in [2.75, 3.05) is 59.3 Å². The van der Waals surface area contributed by atoms with E-state index >= 15 is 0 Å². The van der Waals surface area contributed by atoms with E-state index in [2.05, 4.69) is 41.0 Å². The van der Waals surface area contributed by atoms with Gasteiger partial charge in [0.15, 0.2) is 0 Å². The van der Waals surface area contributed by atoms with E-state index in [9.17, 15) is 24.0 Å². The molecule has 0 saturated heterocycles. The Balaban J connectivity index is 4.93. The van der Waals surface area contributed by atoms with E-state index in [0.29, 0.717) is 45.6 Å². The van der Waals surface area contributed by atoms with E-state index in [-0.39, 0.29) is 51.1 Å². The van der Waals surface area contributed by atoms with Crippen molar-refractivity contribution in [3.63, 3.8) is 0 Å². The molecule has 0 aliphatic heterocycles. The van der Waals surface area contributed by atoms with Crippen LogP contribution in [0, 0.1) is 0 Å². The van der Waals surface area contributed by atoms with E-state index in [1.807, 2.05) is 0 Å². The zero-order valence-electron chi connectivity index (χ0n) is 20.7. The Morgan fingerprint density at radius 2 is 0.972 bits per heavy atom. The van der Waals surface area contributed by atoms with Crippen LogP contribution in [-0.4, -0.2) is 94.7 Å². The molecule has 0 aromatic carbocycles. The van der Waals surface area contributed by atoms with Crippen molar-refractivity contribution < 1.29 is 38.2 Å². The second-order valence-corrected chi connectivity index (χ2v) is 7.59. The van der Waals surface area contributed by atoms with Crippen LogP contribution in [0.2, 0.25) is 0 Å². The lowest BCUT2D eigenvalue weighted by Gasteiger charge is -2.34. The molecule has 0 aliphatic carbocycles. The van der Waals surface area contributed by atoms with Gasteiger partial charge in [-0.25, -0.2) is 0 Å². The molecule has 0 aromatic heterocycles. The first kappa shape index (κ1) is 32.7. The van der Waals surface area contributed by atoms with Crippen LogP contribution in [0.3, 0.4) is 0 Å². The Morgan fingerprint density at radius 1 is 0.611 bits per heavy atom. The van der Waals surface area contributed by atoms with Gasteiger partial charge in [0.1, 0.15) is 5.54 Å². The molecule has 0 aliphatic rings. The third-order valence-corrected chi connectivity index (χ3v) is 4.48. The molecule has 0 bridgehead atoms. The maximum absolute atomic E-state index is 12.2. The Morgan fingerprint density at radius 3 is 1.31 bits per heavy atom. The summed E-state index contributed by atoms with van der Waals surface area (Å²) < 4.78 is 17.2. The number of hydrogen-bond donors (Lipinski definition) is 4. The molecule has 0 fully saturated rings. The van der Waals surface area contributed by atoms with Crippen molar-refractivity contribution in [2.24, 2.45) is 0 Å². The number of hydrogen-bond acceptors (Lipinski definition) is 8. The molecule has 0 radical (unpaired) electrons. The lowest BCUT2D eigenvalue weighted by atomic mass is 10.0. The highest BCUT2D eigenvalue weighted by molar-refractivity contribution is 6.23. The standard InChI is InChI=1S/C24H38N4O8/c1-4-20(30)25-10-7-13-34-17-24(28-22(32)6-3,18-35-14-8-11-26-21(31)5-2)19-36-15-9-12-27-23(33)16-29/h4-6,16H,1-3,7-15,17-19H2,(H,25,30)(H,26,31)(H,27,33)(H,28,32). The summed E-state index contributed by atoms with van der Waals surface area (Å²) in [5.41, 5.74) is -1.05. The first-order chi connectivity index (χ1) is 17.3. The van der Waals surface area contributed by atoms with Crippen molar-refractivity contribution in [2.45, 2.75) is 24.8 Å². The van der Waals surface area contributed by atoms with Gasteiger partial charge in [0, 0.05) is 39.5 Å². The molecule has 12 heteroatoms. The molecule has 36 heavy (non-hydrogen) atoms. The highest BCUT2D eigenvalue weighted by atomic mass is 16.5. The largest absolute Gasteiger partial charge is 0.379 e. The minimum absolute atomic E-state index is 0.0363. The van der Waals surface area contributed by atoms with Gasteiger partial charge in [-0.1, -0.05) is 19.7 Å². The summed E-state index contributed by atoms with van der Waals surface area (Å²) in [7, 11) is 0. The Bertz CT molecular complexity index is 663. The highest BCUT2D eigenvalue weighted by Gasteiger charge is 2.33. The van der Waals surface area contributed by atoms with Crippen molar-refractivity contribution in [1.82, 2.24) is 21.3 Å². The van der Waals surface area contributed by atoms with Crippen molar-refractivity contribution >= 4 is 29.9 Å². The van der Waals surface area contributed by atoms with Crippen molar-refractivity contribution in [3.8, 4) is 0 Å². The summed E-state index contributed by atoms with van der Waals surface area (Å²) in [4.78, 5) is 56.0. The molecule has 0 spiro atoms. The molecule has 0 atom stereocenters. The van der Waals surface area contributed by atoms with Crippen LogP contribution >= 0.6 is 0 Å². The number of aldehydes is 1. The lowest BCUT2D eigenvalue weighted by molar-refractivity contribution is -0.131. The molecule has 4 N–H and O–H groups in total. The summed E-state index contributed by atoms with van der Waals surface area (Å²) in [6, 6.07) is 0. The van der Waals surface area contributed by atoms with E-state index in [1.165, 1.54) is 12.2 Å². The topological polar surface area (TPSA) is 161 Å². The molecule has 4 amide bonds. The smallest absolute Gasteiger partial charge is 0.284 e. The van der Waals surface area contributed by atoms with Crippen LogP contribution in [0.25, 0.3) is 0 Å². The maximum atomic E-state index is 12.2. The van der Waals surface area contributed by atoms with Crippen LogP contribution in [0.1, 0.15) is 19.3 Å². The first-order valence-electron chi connectivity index (χ1n) is 11.5. The zero-order valence-corrected chi connectivity index (χ0v) is 20.7. The second kappa shape index (κ2) is 21.0. The number of carbonyl (C=O) groups excluding carboxylic acids is 5. The van der Waals surface area contributed by atoms with Gasteiger partial charge >= 0.3 is 0 Å². The molecular weight excluding hydrogens is 472 g/mol. The fourth-order valence-electron chi connectivity index (χ4n) is 2.69. The molecule has 0 heterocycles. The summed E-state index contributed by atoms with van der Waals surface area (Å²) >= 11 is 0. The van der Waals surface area contributed by atoms with E-state index < -0.39 is 17.4 Å². The second-order valence-electron chi connectivity index (χ2n) is 7.59. The van der Waals surface area contributed by atoms with Gasteiger partial charge in [-0.2, -0.15) is 0 Å². The average molecular weight is 511 g/mol. The predicted molar refractivity (Wildman–Crippen MR) is 133 cm³/mol. The maximum Gasteiger partial charge on any atom is 0.284 e. The normalized spacial score (nSPS) is 10.6. The average Bonchev–Trinajstić information content (AvgIpc) is 2.89. The fraction of sp³-hybridized carbons (Fsp3) is 0.542. The van der Waals surface area contributed by atoms with Crippen LogP contribution in [-0.2, 0) is 38.2 Å². The van der Waals surface area contributed by atoms with Gasteiger partial charge in [-0.3, -0.25) is 24.0 Å². The van der Waals surface area contributed by atoms with Crippen LogP contribution in [0.15, 0.2) is 38.0 Å². The SMILES string of the molecule is C=CC(=O)NCCCOCC(COCCCNC(=O)C=C)(COCCCNC(=O)C=O)NC(=O)C=C. The van der Waals surface area contributed by atoms with Gasteiger partial charge < -0.3 is 35.5 Å². The Kier molecular flexibility index (Phi) is 19.0. The molecule has 0 rings (SSSR count). The third kappa shape index (κ3) is 17.1. The fourth-order valence-corrected chi connectivity index (χ4v) is 2.69. The number of ether oxygens (including phenoxy) is 3. The summed E-state index contributed by atoms with van der Waals surface area (Å²) in [6.07, 6.45) is 5.19. The van der Waals surface area contributed by atoms with E-state index in [4.69, 9.17) is 14.2 Å². The summed E-state index contributed by atoms with van der Waals surface area (Å²) in [5.74, 6) is -1.71.